The fourth-order valence-corrected chi connectivity index (χ4v) is 7.94. The molecule has 0 N–H and O–H groups in total. The minimum Gasteiger partial charge on any atom is -0.309 e. The second-order valence-corrected chi connectivity index (χ2v) is 13.1. The van der Waals surface area contributed by atoms with Gasteiger partial charge in [-0.3, -0.25) is 9.97 Å². The lowest BCUT2D eigenvalue weighted by Gasteiger charge is -2.09. The third-order valence-corrected chi connectivity index (χ3v) is 10.2. The lowest BCUT2D eigenvalue weighted by molar-refractivity contribution is 1.17. The van der Waals surface area contributed by atoms with Gasteiger partial charge in [0.1, 0.15) is 0 Å². The Morgan fingerprint density at radius 3 is 1.19 bits per heavy atom. The molecule has 0 fully saturated rings. The van der Waals surface area contributed by atoms with E-state index < -0.39 is 0 Å². The minimum absolute atomic E-state index is 0.845. The van der Waals surface area contributed by atoms with Gasteiger partial charge in [-0.15, -0.1) is 0 Å². The molecule has 0 aliphatic rings. The van der Waals surface area contributed by atoms with E-state index in [9.17, 15) is 0 Å². The summed E-state index contributed by atoms with van der Waals surface area (Å²) < 4.78 is 4.76. The van der Waals surface area contributed by atoms with E-state index in [0.717, 1.165) is 99.6 Å². The Labute approximate surface area is 297 Å². The van der Waals surface area contributed by atoms with Crippen LogP contribution in [0.5, 0.6) is 0 Å². The molecule has 0 unspecified atom stereocenters. The molecular formula is C46H28N6. The van der Waals surface area contributed by atoms with E-state index in [4.69, 9.17) is 19.9 Å². The SMILES string of the molecule is c1ccc(-n2c3cc4c5c(-c6cnc7ccccc7n6)cccc5n(-c5ccccc5)c4cc3c3c(-c4cnc5ccccc5n4)cccc32)cc1. The summed E-state index contributed by atoms with van der Waals surface area (Å²) in [4.78, 5) is 19.9. The van der Waals surface area contributed by atoms with Gasteiger partial charge >= 0.3 is 0 Å². The lowest BCUT2D eigenvalue weighted by atomic mass is 10.0. The first-order valence-corrected chi connectivity index (χ1v) is 17.4. The molecule has 0 aliphatic heterocycles. The molecule has 0 saturated carbocycles. The molecule has 0 aliphatic carbocycles. The number of rotatable bonds is 4. The number of nitrogens with zero attached hydrogens (tertiary/aromatic N) is 6. The van der Waals surface area contributed by atoms with Crippen LogP contribution >= 0.6 is 0 Å². The third-order valence-electron chi connectivity index (χ3n) is 10.2. The molecule has 11 rings (SSSR count). The van der Waals surface area contributed by atoms with Gasteiger partial charge in [0.15, 0.2) is 0 Å². The molecule has 6 heteroatoms. The maximum absolute atomic E-state index is 5.12. The average molecular weight is 665 g/mol. The second-order valence-electron chi connectivity index (χ2n) is 13.1. The Morgan fingerprint density at radius 1 is 0.346 bits per heavy atom. The zero-order valence-electron chi connectivity index (χ0n) is 27.8. The van der Waals surface area contributed by atoms with Crippen molar-refractivity contribution in [1.82, 2.24) is 29.1 Å². The molecule has 0 amide bonds. The van der Waals surface area contributed by atoms with Crippen LogP contribution in [0.2, 0.25) is 0 Å². The normalized spacial score (nSPS) is 11.8. The van der Waals surface area contributed by atoms with Crippen molar-refractivity contribution in [2.45, 2.75) is 0 Å². The van der Waals surface area contributed by atoms with Gasteiger partial charge in [0.25, 0.3) is 0 Å². The first-order chi connectivity index (χ1) is 25.8. The van der Waals surface area contributed by atoms with Gasteiger partial charge in [-0.2, -0.15) is 0 Å². The van der Waals surface area contributed by atoms with Gasteiger partial charge in [0.05, 0.1) is 67.9 Å². The van der Waals surface area contributed by atoms with Gasteiger partial charge in [0.2, 0.25) is 0 Å². The molecule has 0 spiro atoms. The van der Waals surface area contributed by atoms with Crippen LogP contribution in [-0.2, 0) is 0 Å². The van der Waals surface area contributed by atoms with Crippen LogP contribution in [-0.4, -0.2) is 29.1 Å². The summed E-state index contributed by atoms with van der Waals surface area (Å²) in [6, 6.07) is 55.1. The van der Waals surface area contributed by atoms with Gasteiger partial charge in [-0.05, 0) is 72.8 Å². The van der Waals surface area contributed by atoms with Crippen molar-refractivity contribution >= 4 is 65.7 Å². The van der Waals surface area contributed by atoms with Crippen molar-refractivity contribution in [3.8, 4) is 33.9 Å². The fourth-order valence-electron chi connectivity index (χ4n) is 7.94. The molecule has 0 atom stereocenters. The van der Waals surface area contributed by atoms with Gasteiger partial charge in [-0.25, -0.2) is 9.97 Å². The van der Waals surface area contributed by atoms with Crippen LogP contribution in [0, 0.1) is 0 Å². The zero-order chi connectivity index (χ0) is 34.2. The fraction of sp³-hybridized carbons (Fsp3) is 0. The average Bonchev–Trinajstić information content (AvgIpc) is 3.72. The van der Waals surface area contributed by atoms with Crippen LogP contribution in [0.15, 0.2) is 170 Å². The maximum Gasteiger partial charge on any atom is 0.0900 e. The predicted molar refractivity (Wildman–Crippen MR) is 212 cm³/mol. The molecule has 7 aromatic carbocycles. The standard InChI is InChI=1S/C46H28N6/c1-3-13-29(14-4-1)51-41-23-11-17-31(39-27-47-35-19-7-9-21-37(35)49-39)45(41)33-26-44-34(25-43(33)51)46-32(40-28-48-36-20-8-10-22-38(36)50-40)18-12-24-42(46)52(44)30-15-5-2-6-16-30/h1-28H. The third kappa shape index (κ3) is 4.25. The van der Waals surface area contributed by atoms with Crippen molar-refractivity contribution in [3.63, 3.8) is 0 Å². The Kier molecular flexibility index (Phi) is 6.15. The first kappa shape index (κ1) is 28.6. The van der Waals surface area contributed by atoms with E-state index in [-0.39, 0.29) is 0 Å². The monoisotopic (exact) mass is 664 g/mol. The van der Waals surface area contributed by atoms with E-state index in [1.807, 2.05) is 60.9 Å². The maximum atomic E-state index is 5.12. The molecule has 242 valence electrons. The molecule has 4 aromatic heterocycles. The van der Waals surface area contributed by atoms with Crippen molar-refractivity contribution in [2.24, 2.45) is 0 Å². The predicted octanol–water partition coefficient (Wildman–Crippen LogP) is 11.1. The molecule has 11 aromatic rings. The van der Waals surface area contributed by atoms with E-state index in [0.29, 0.717) is 0 Å². The smallest absolute Gasteiger partial charge is 0.0900 e. The summed E-state index contributed by atoms with van der Waals surface area (Å²) in [5.41, 5.74) is 13.9. The second kappa shape index (κ2) is 11.2. The van der Waals surface area contributed by atoms with Crippen molar-refractivity contribution in [2.75, 3.05) is 0 Å². The Hall–Kier alpha value is -7.18. The largest absolute Gasteiger partial charge is 0.309 e. The quantitative estimate of drug-likeness (QED) is 0.188. The van der Waals surface area contributed by atoms with Crippen molar-refractivity contribution in [3.05, 3.63) is 170 Å². The molecule has 52 heavy (non-hydrogen) atoms. The van der Waals surface area contributed by atoms with Crippen molar-refractivity contribution in [1.29, 1.82) is 0 Å². The van der Waals surface area contributed by atoms with E-state index in [2.05, 4.69) is 118 Å². The summed E-state index contributed by atoms with van der Waals surface area (Å²) in [5, 5.41) is 4.56. The summed E-state index contributed by atoms with van der Waals surface area (Å²) in [7, 11) is 0. The number of aromatic nitrogens is 6. The highest BCUT2D eigenvalue weighted by Gasteiger charge is 2.23. The molecule has 6 nitrogen and oxygen atoms in total. The highest BCUT2D eigenvalue weighted by molar-refractivity contribution is 6.23. The van der Waals surface area contributed by atoms with E-state index in [1.165, 1.54) is 0 Å². The number of fused-ring (bicyclic) bond motifs is 8. The van der Waals surface area contributed by atoms with Crippen LogP contribution in [0.4, 0.5) is 0 Å². The number of benzene rings is 7. The van der Waals surface area contributed by atoms with Crippen LogP contribution < -0.4 is 0 Å². The van der Waals surface area contributed by atoms with Gasteiger partial charge in [0, 0.05) is 44.0 Å². The van der Waals surface area contributed by atoms with Crippen LogP contribution in [0.3, 0.4) is 0 Å². The highest BCUT2D eigenvalue weighted by Crippen LogP contribution is 2.44. The molecule has 0 saturated heterocycles. The van der Waals surface area contributed by atoms with Crippen molar-refractivity contribution < 1.29 is 0 Å². The summed E-state index contributed by atoms with van der Waals surface area (Å²) in [6.45, 7) is 0. The zero-order valence-corrected chi connectivity index (χ0v) is 27.8. The molecular weight excluding hydrogens is 637 g/mol. The van der Waals surface area contributed by atoms with E-state index in [1.54, 1.807) is 0 Å². The minimum atomic E-state index is 0.845. The number of para-hydroxylation sites is 6. The summed E-state index contributed by atoms with van der Waals surface area (Å²) in [6.07, 6.45) is 3.80. The summed E-state index contributed by atoms with van der Waals surface area (Å²) in [5.74, 6) is 0. The molecule has 0 radical (unpaired) electrons. The Bertz CT molecular complexity index is 2960. The summed E-state index contributed by atoms with van der Waals surface area (Å²) >= 11 is 0. The Morgan fingerprint density at radius 2 is 0.750 bits per heavy atom. The first-order valence-electron chi connectivity index (χ1n) is 17.4. The van der Waals surface area contributed by atoms with E-state index >= 15 is 0 Å². The number of hydrogen-bond acceptors (Lipinski definition) is 4. The number of hydrogen-bond donors (Lipinski definition) is 0. The van der Waals surface area contributed by atoms with Gasteiger partial charge in [-0.1, -0.05) is 84.9 Å². The van der Waals surface area contributed by atoms with Crippen LogP contribution in [0.25, 0.3) is 99.6 Å². The molecule has 0 bridgehead atoms. The highest BCUT2D eigenvalue weighted by atomic mass is 15.0. The lowest BCUT2D eigenvalue weighted by Crippen LogP contribution is -1.94. The molecule has 4 heterocycles. The Balaban J connectivity index is 1.30. The van der Waals surface area contributed by atoms with Gasteiger partial charge < -0.3 is 9.13 Å². The van der Waals surface area contributed by atoms with Crippen LogP contribution in [0.1, 0.15) is 0 Å². The topological polar surface area (TPSA) is 61.4 Å².